The van der Waals surface area contributed by atoms with Gasteiger partial charge in [-0.25, -0.2) is 9.59 Å². The highest BCUT2D eigenvalue weighted by Crippen LogP contribution is 2.42. The summed E-state index contributed by atoms with van der Waals surface area (Å²) >= 11 is 5.52. The maximum absolute atomic E-state index is 12.6. The maximum atomic E-state index is 12.6. The summed E-state index contributed by atoms with van der Waals surface area (Å²) in [6.07, 6.45) is 2.60. The standard InChI is InChI=1S/C39H38N4O9S/c1-43(2,18-4-3-17-42(51)35(46)15-16-36(47)48)23-25-7-5-24(6-8-25)22-40-39(53)41-26-9-12-29(32(19-26)38(49)50)37-30-13-10-27(44)20-33(30)52-34-21-28(45)11-14-31(34)37/h5-16,19-21,44H,3-4,17-18,22-23H2,1-2H3,(H,47,48)(H,49,50)(H2,40,41,53)/b16-15+. The van der Waals surface area contributed by atoms with Crippen LogP contribution in [0.4, 0.5) is 5.69 Å². The topological polar surface area (TPSA) is 192 Å². The fourth-order valence-corrected chi connectivity index (χ4v) is 6.18. The number of aromatic carboxylic acids is 1. The molecule has 0 radical (unpaired) electrons. The molecule has 0 unspecified atom stereocenters. The summed E-state index contributed by atoms with van der Waals surface area (Å²) in [5.41, 5.74) is 4.05. The molecule has 0 bridgehead atoms. The first-order valence-corrected chi connectivity index (χ1v) is 17.0. The molecule has 1 heterocycles. The Labute approximate surface area is 309 Å². The number of fused-ring (bicyclic) bond motifs is 2. The summed E-state index contributed by atoms with van der Waals surface area (Å²) in [5, 5.41) is 48.1. The summed E-state index contributed by atoms with van der Waals surface area (Å²) in [6, 6.07) is 21.8. The molecule has 53 heavy (non-hydrogen) atoms. The molecule has 274 valence electrons. The van der Waals surface area contributed by atoms with Crippen molar-refractivity contribution in [2.24, 2.45) is 0 Å². The summed E-state index contributed by atoms with van der Waals surface area (Å²) in [6.45, 7) is 1.91. The van der Waals surface area contributed by atoms with Gasteiger partial charge in [0.1, 0.15) is 23.6 Å². The molecule has 0 aromatic heterocycles. The Bertz CT molecular complexity index is 2230. The summed E-state index contributed by atoms with van der Waals surface area (Å²) in [5.74, 6) is -3.12. The van der Waals surface area contributed by atoms with Crippen molar-refractivity contribution >= 4 is 51.8 Å². The number of phenols is 1. The second-order valence-corrected chi connectivity index (χ2v) is 13.5. The minimum atomic E-state index is -1.29. The third-order valence-corrected chi connectivity index (χ3v) is 8.78. The minimum Gasteiger partial charge on any atom is -0.756 e. The lowest BCUT2D eigenvalue weighted by Gasteiger charge is -2.31. The van der Waals surface area contributed by atoms with Crippen molar-refractivity contribution in [1.29, 1.82) is 0 Å². The second-order valence-electron chi connectivity index (χ2n) is 13.1. The van der Waals surface area contributed by atoms with Crippen molar-refractivity contribution < 1.29 is 38.6 Å². The molecule has 1 aliphatic heterocycles. The number of carboxylic acids is 2. The number of anilines is 1. The number of thiocarbonyl (C=S) groups is 1. The molecule has 3 aromatic rings. The first kappa shape index (κ1) is 38.1. The van der Waals surface area contributed by atoms with Crippen molar-refractivity contribution in [3.8, 4) is 28.2 Å². The number of aliphatic carboxylic acids is 1. The number of amides is 1. The molecule has 13 nitrogen and oxygen atoms in total. The van der Waals surface area contributed by atoms with Crippen LogP contribution in [-0.2, 0) is 22.7 Å². The van der Waals surface area contributed by atoms with E-state index in [0.29, 0.717) is 68.4 Å². The molecule has 5 N–H and O–H groups in total. The monoisotopic (exact) mass is 738 g/mol. The van der Waals surface area contributed by atoms with Crippen molar-refractivity contribution in [1.82, 2.24) is 10.4 Å². The molecule has 5 rings (SSSR count). The van der Waals surface area contributed by atoms with Crippen LogP contribution in [0, 0.1) is 5.21 Å². The number of carbonyl (C=O) groups is 3. The van der Waals surface area contributed by atoms with E-state index in [9.17, 15) is 34.6 Å². The number of hydrogen-bond acceptors (Lipinski definition) is 8. The molecule has 14 heteroatoms. The van der Waals surface area contributed by atoms with E-state index in [-0.39, 0.29) is 34.1 Å². The average molecular weight is 739 g/mol. The van der Waals surface area contributed by atoms with Gasteiger partial charge in [-0.1, -0.05) is 30.3 Å². The Morgan fingerprint density at radius 3 is 2.34 bits per heavy atom. The Hall–Kier alpha value is -6.09. The van der Waals surface area contributed by atoms with Gasteiger partial charge in [0.2, 0.25) is 5.91 Å². The number of unbranched alkanes of at least 4 members (excludes halogenated alkanes) is 1. The number of benzene rings is 4. The Kier molecular flexibility index (Phi) is 11.9. The molecule has 3 aromatic carbocycles. The zero-order valence-corrected chi connectivity index (χ0v) is 29.8. The highest BCUT2D eigenvalue weighted by atomic mass is 32.1. The number of carboxylic acid groups (broad SMARTS) is 2. The van der Waals surface area contributed by atoms with E-state index < -0.39 is 17.8 Å². The van der Waals surface area contributed by atoms with Gasteiger partial charge in [0, 0.05) is 65.1 Å². The van der Waals surface area contributed by atoms with Crippen molar-refractivity contribution in [3.63, 3.8) is 0 Å². The first-order chi connectivity index (χ1) is 25.2. The molecule has 1 amide bonds. The number of nitrogens with one attached hydrogen (secondary N) is 2. The zero-order chi connectivity index (χ0) is 38.3. The molecular formula is C39H38N4O9S. The third-order valence-electron chi connectivity index (χ3n) is 8.53. The highest BCUT2D eigenvalue weighted by Gasteiger charge is 2.23. The summed E-state index contributed by atoms with van der Waals surface area (Å²) in [4.78, 5) is 46.8. The predicted molar refractivity (Wildman–Crippen MR) is 204 cm³/mol. The van der Waals surface area contributed by atoms with Crippen LogP contribution in [0.25, 0.3) is 33.4 Å². The van der Waals surface area contributed by atoms with E-state index in [0.717, 1.165) is 30.3 Å². The smallest absolute Gasteiger partial charge is 0.336 e. The van der Waals surface area contributed by atoms with Gasteiger partial charge in [-0.2, -0.15) is 0 Å². The maximum Gasteiger partial charge on any atom is 0.336 e. The van der Waals surface area contributed by atoms with Crippen LogP contribution in [0.2, 0.25) is 0 Å². The van der Waals surface area contributed by atoms with Gasteiger partial charge < -0.3 is 45.1 Å². The molecule has 0 spiro atoms. The van der Waals surface area contributed by atoms with E-state index in [2.05, 4.69) is 24.7 Å². The van der Waals surface area contributed by atoms with Gasteiger partial charge in [-0.3, -0.25) is 9.59 Å². The molecule has 0 fully saturated rings. The third kappa shape index (κ3) is 10.0. The number of rotatable bonds is 14. The normalized spacial score (nSPS) is 11.5. The lowest BCUT2D eigenvalue weighted by atomic mass is 9.90. The number of aromatic hydroxyl groups is 1. The van der Waals surface area contributed by atoms with Crippen LogP contribution in [0.15, 0.2) is 100 Å². The Morgan fingerprint density at radius 2 is 1.62 bits per heavy atom. The van der Waals surface area contributed by atoms with Crippen molar-refractivity contribution in [3.05, 3.63) is 123 Å². The fraction of sp³-hybridized carbons (Fsp3) is 0.205. The largest absolute Gasteiger partial charge is 0.756 e. The number of quaternary nitrogens is 1. The van der Waals surface area contributed by atoms with E-state index >= 15 is 0 Å². The number of nitrogens with zero attached hydrogens (tertiary/aromatic N) is 2. The van der Waals surface area contributed by atoms with Gasteiger partial charge in [-0.05, 0) is 72.6 Å². The van der Waals surface area contributed by atoms with Crippen LogP contribution < -0.4 is 16.1 Å². The molecular weight excluding hydrogens is 701 g/mol. The first-order valence-electron chi connectivity index (χ1n) is 16.6. The van der Waals surface area contributed by atoms with Crippen LogP contribution in [-0.4, -0.2) is 75.0 Å². The van der Waals surface area contributed by atoms with E-state index in [4.69, 9.17) is 21.7 Å². The summed E-state index contributed by atoms with van der Waals surface area (Å²) in [7, 11) is 4.15. The Morgan fingerprint density at radius 1 is 0.906 bits per heavy atom. The zero-order valence-electron chi connectivity index (χ0n) is 29.0. The second kappa shape index (κ2) is 16.5. The van der Waals surface area contributed by atoms with Gasteiger partial charge in [0.05, 0.1) is 26.2 Å². The highest BCUT2D eigenvalue weighted by molar-refractivity contribution is 7.80. The molecule has 0 atom stereocenters. The van der Waals surface area contributed by atoms with Crippen LogP contribution in [0.5, 0.6) is 5.75 Å². The summed E-state index contributed by atoms with van der Waals surface area (Å²) < 4.78 is 6.56. The van der Waals surface area contributed by atoms with Crippen molar-refractivity contribution in [2.75, 3.05) is 32.5 Å². The predicted octanol–water partition coefficient (Wildman–Crippen LogP) is 5.78. The number of phenolic OH excluding ortho intramolecular Hbond substituents is 1. The quantitative estimate of drug-likeness (QED) is 0.0231. The van der Waals surface area contributed by atoms with Gasteiger partial charge in [0.25, 0.3) is 0 Å². The van der Waals surface area contributed by atoms with Crippen LogP contribution in [0.1, 0.15) is 34.3 Å². The van der Waals surface area contributed by atoms with Gasteiger partial charge in [0.15, 0.2) is 10.5 Å². The van der Waals surface area contributed by atoms with Gasteiger partial charge >= 0.3 is 11.9 Å². The van der Waals surface area contributed by atoms with E-state index in [1.54, 1.807) is 24.3 Å². The molecule has 0 saturated carbocycles. The average Bonchev–Trinajstić information content (AvgIpc) is 3.10. The van der Waals surface area contributed by atoms with Crippen LogP contribution >= 0.6 is 12.2 Å². The van der Waals surface area contributed by atoms with E-state index in [1.165, 1.54) is 30.3 Å². The minimum absolute atomic E-state index is 0.00400. The number of hydroxylamine groups is 2. The SMILES string of the molecule is C[N+](C)(CCCCN([O-])C(=O)/C=C/C(=O)O)Cc1ccc(CNC(=S)Nc2ccc(-c3c4ccc(=O)cc-4oc4cc(O)ccc34)c(C(=O)O)c2)cc1. The lowest BCUT2D eigenvalue weighted by Crippen LogP contribution is -2.39. The molecule has 0 saturated heterocycles. The molecule has 2 aliphatic rings. The number of carbonyl (C=O) groups excluding carboxylic acids is 1. The van der Waals surface area contributed by atoms with E-state index in [1.807, 2.05) is 24.3 Å². The Balaban J connectivity index is 1.18. The molecule has 1 aliphatic carbocycles. The fourth-order valence-electron chi connectivity index (χ4n) is 5.99. The van der Waals surface area contributed by atoms with Gasteiger partial charge in [-0.15, -0.1) is 0 Å². The van der Waals surface area contributed by atoms with Crippen molar-refractivity contribution in [2.45, 2.75) is 25.9 Å². The number of hydrogen-bond donors (Lipinski definition) is 5. The van der Waals surface area contributed by atoms with Crippen LogP contribution in [0.3, 0.4) is 0 Å². The lowest BCUT2D eigenvalue weighted by molar-refractivity contribution is -0.903.